The first-order valence-corrected chi connectivity index (χ1v) is 8.93. The second-order valence-corrected chi connectivity index (χ2v) is 6.86. The van der Waals surface area contributed by atoms with Gasteiger partial charge in [-0.3, -0.25) is 9.78 Å². The maximum atomic E-state index is 12.6. The number of benzene rings is 1. The second-order valence-electron chi connectivity index (χ2n) is 5.81. The summed E-state index contributed by atoms with van der Waals surface area (Å²) in [4.78, 5) is 16.7. The lowest BCUT2D eigenvalue weighted by Crippen LogP contribution is -2.29. The van der Waals surface area contributed by atoms with E-state index in [0.29, 0.717) is 17.2 Å². The Morgan fingerprint density at radius 1 is 1.16 bits per heavy atom. The zero-order chi connectivity index (χ0) is 17.1. The molecule has 126 valence electrons. The van der Waals surface area contributed by atoms with Gasteiger partial charge in [0.05, 0.1) is 5.56 Å². The van der Waals surface area contributed by atoms with Crippen molar-refractivity contribution in [3.63, 3.8) is 0 Å². The molecule has 0 saturated heterocycles. The lowest BCUT2D eigenvalue weighted by molar-refractivity contribution is -0.120. The van der Waals surface area contributed by atoms with E-state index in [1.165, 1.54) is 11.8 Å². The van der Waals surface area contributed by atoms with Gasteiger partial charge in [-0.15, -0.1) is 10.2 Å². The number of thioether (sulfide) groups is 1. The summed E-state index contributed by atoms with van der Waals surface area (Å²) in [6.45, 7) is 0. The number of amides is 1. The molecule has 2 heterocycles. The van der Waals surface area contributed by atoms with E-state index in [1.807, 2.05) is 42.5 Å². The third-order valence-corrected chi connectivity index (χ3v) is 4.89. The quantitative estimate of drug-likeness (QED) is 0.686. The second kappa shape index (κ2) is 7.06. The van der Waals surface area contributed by atoms with Crippen molar-refractivity contribution in [2.75, 3.05) is 0 Å². The zero-order valence-corrected chi connectivity index (χ0v) is 14.1. The summed E-state index contributed by atoms with van der Waals surface area (Å²) in [5, 5.41) is 11.1. The van der Waals surface area contributed by atoms with E-state index in [0.717, 1.165) is 24.0 Å². The van der Waals surface area contributed by atoms with Gasteiger partial charge < -0.3 is 9.73 Å². The van der Waals surface area contributed by atoms with Crippen LogP contribution in [0.4, 0.5) is 0 Å². The van der Waals surface area contributed by atoms with Gasteiger partial charge in [-0.25, -0.2) is 0 Å². The maximum Gasteiger partial charge on any atom is 0.277 e. The molecule has 1 aliphatic rings. The predicted octanol–water partition coefficient (Wildman–Crippen LogP) is 3.24. The fourth-order valence-electron chi connectivity index (χ4n) is 2.37. The van der Waals surface area contributed by atoms with Crippen LogP contribution in [0.15, 0.2) is 64.5 Å². The van der Waals surface area contributed by atoms with Crippen LogP contribution in [-0.2, 0) is 4.79 Å². The van der Waals surface area contributed by atoms with Crippen molar-refractivity contribution in [3.8, 4) is 11.5 Å². The van der Waals surface area contributed by atoms with Crippen LogP contribution in [0, 0.1) is 0 Å². The number of hydrogen-bond donors (Lipinski definition) is 1. The van der Waals surface area contributed by atoms with Crippen molar-refractivity contribution in [2.24, 2.45) is 0 Å². The summed E-state index contributed by atoms with van der Waals surface area (Å²) < 4.78 is 5.71. The maximum absolute atomic E-state index is 12.6. The average molecular weight is 352 g/mol. The highest BCUT2D eigenvalue weighted by Gasteiger charge is 2.30. The van der Waals surface area contributed by atoms with E-state index in [-0.39, 0.29) is 5.91 Å². The number of hydrogen-bond acceptors (Lipinski definition) is 6. The number of nitrogens with zero attached hydrogens (tertiary/aromatic N) is 3. The third-order valence-electron chi connectivity index (χ3n) is 3.80. The van der Waals surface area contributed by atoms with E-state index in [2.05, 4.69) is 20.5 Å². The molecule has 1 aromatic carbocycles. The smallest absolute Gasteiger partial charge is 0.277 e. The zero-order valence-electron chi connectivity index (χ0n) is 13.3. The molecule has 6 nitrogen and oxygen atoms in total. The van der Waals surface area contributed by atoms with Crippen LogP contribution in [0.5, 0.6) is 0 Å². The molecule has 0 unspecified atom stereocenters. The SMILES string of the molecule is O=C(NC1CC1)[C@H](Sc1nnc(-c2cccnc2)o1)c1ccccc1. The van der Waals surface area contributed by atoms with Crippen molar-refractivity contribution >= 4 is 17.7 Å². The molecule has 3 aromatic rings. The van der Waals surface area contributed by atoms with Crippen molar-refractivity contribution in [2.45, 2.75) is 29.4 Å². The Bertz CT molecular complexity index is 850. The Balaban J connectivity index is 1.56. The Morgan fingerprint density at radius 3 is 2.72 bits per heavy atom. The van der Waals surface area contributed by atoms with E-state index in [9.17, 15) is 4.79 Å². The van der Waals surface area contributed by atoms with Crippen molar-refractivity contribution < 1.29 is 9.21 Å². The summed E-state index contributed by atoms with van der Waals surface area (Å²) in [6.07, 6.45) is 5.44. The average Bonchev–Trinajstić information content (AvgIpc) is 3.35. The van der Waals surface area contributed by atoms with Gasteiger partial charge in [0, 0.05) is 18.4 Å². The minimum atomic E-state index is -0.427. The van der Waals surface area contributed by atoms with Crippen LogP contribution < -0.4 is 5.32 Å². The molecule has 7 heteroatoms. The van der Waals surface area contributed by atoms with Gasteiger partial charge in [-0.2, -0.15) is 0 Å². The molecule has 0 bridgehead atoms. The van der Waals surface area contributed by atoms with Crippen molar-refractivity contribution in [3.05, 3.63) is 60.4 Å². The molecule has 1 N–H and O–H groups in total. The van der Waals surface area contributed by atoms with E-state index < -0.39 is 5.25 Å². The molecule has 0 spiro atoms. The van der Waals surface area contributed by atoms with Gasteiger partial charge in [0.15, 0.2) is 0 Å². The number of carbonyl (C=O) groups excluding carboxylic acids is 1. The molecule has 1 amide bonds. The van der Waals surface area contributed by atoms with E-state index in [1.54, 1.807) is 12.4 Å². The summed E-state index contributed by atoms with van der Waals surface area (Å²) in [5.41, 5.74) is 1.66. The fourth-order valence-corrected chi connectivity index (χ4v) is 3.25. The van der Waals surface area contributed by atoms with Crippen LogP contribution in [0.3, 0.4) is 0 Å². The molecule has 1 aliphatic carbocycles. The van der Waals surface area contributed by atoms with Crippen LogP contribution in [-0.4, -0.2) is 27.1 Å². The molecular weight excluding hydrogens is 336 g/mol. The molecule has 0 radical (unpaired) electrons. The summed E-state index contributed by atoms with van der Waals surface area (Å²) in [7, 11) is 0. The summed E-state index contributed by atoms with van der Waals surface area (Å²) in [6, 6.07) is 13.6. The fraction of sp³-hybridized carbons (Fsp3) is 0.222. The van der Waals surface area contributed by atoms with Gasteiger partial charge in [0.25, 0.3) is 5.22 Å². The highest BCUT2D eigenvalue weighted by atomic mass is 32.2. The first kappa shape index (κ1) is 15.8. The molecule has 1 fully saturated rings. The minimum absolute atomic E-state index is 0.0279. The monoisotopic (exact) mass is 352 g/mol. The van der Waals surface area contributed by atoms with Crippen molar-refractivity contribution in [1.29, 1.82) is 0 Å². The molecule has 4 rings (SSSR count). The van der Waals surface area contributed by atoms with Crippen LogP contribution >= 0.6 is 11.8 Å². The Labute approximate surface area is 149 Å². The normalized spacial score (nSPS) is 14.9. The standard InChI is InChI=1S/C18H16N4O2S/c23-16(20-14-8-9-14)15(12-5-2-1-3-6-12)25-18-22-21-17(24-18)13-7-4-10-19-11-13/h1-7,10-11,14-15H,8-9H2,(H,20,23)/t15-/m1/s1. The first-order chi connectivity index (χ1) is 12.3. The summed E-state index contributed by atoms with van der Waals surface area (Å²) >= 11 is 1.26. The van der Waals surface area contributed by atoms with E-state index in [4.69, 9.17) is 4.42 Å². The van der Waals surface area contributed by atoms with Gasteiger partial charge >= 0.3 is 0 Å². The number of aromatic nitrogens is 3. The van der Waals surface area contributed by atoms with E-state index >= 15 is 0 Å². The molecule has 2 aromatic heterocycles. The van der Waals surface area contributed by atoms with Gasteiger partial charge in [0.1, 0.15) is 5.25 Å². The number of carbonyl (C=O) groups is 1. The van der Waals surface area contributed by atoms with Gasteiger partial charge in [-0.05, 0) is 42.3 Å². The van der Waals surface area contributed by atoms with Crippen LogP contribution in [0.2, 0.25) is 0 Å². The molecule has 1 atom stereocenters. The minimum Gasteiger partial charge on any atom is -0.411 e. The molecule has 0 aliphatic heterocycles. The number of rotatable bonds is 6. The molecule has 25 heavy (non-hydrogen) atoms. The lowest BCUT2D eigenvalue weighted by atomic mass is 10.1. The van der Waals surface area contributed by atoms with Crippen LogP contribution in [0.25, 0.3) is 11.5 Å². The largest absolute Gasteiger partial charge is 0.411 e. The van der Waals surface area contributed by atoms with Gasteiger partial charge in [0.2, 0.25) is 11.8 Å². The van der Waals surface area contributed by atoms with Crippen molar-refractivity contribution in [1.82, 2.24) is 20.5 Å². The first-order valence-electron chi connectivity index (χ1n) is 8.05. The van der Waals surface area contributed by atoms with Crippen LogP contribution in [0.1, 0.15) is 23.7 Å². The van der Waals surface area contributed by atoms with Gasteiger partial charge in [-0.1, -0.05) is 30.3 Å². The molecule has 1 saturated carbocycles. The highest BCUT2D eigenvalue weighted by Crippen LogP contribution is 2.36. The third kappa shape index (κ3) is 3.88. The number of nitrogens with one attached hydrogen (secondary N) is 1. The lowest BCUT2D eigenvalue weighted by Gasteiger charge is -2.14. The highest BCUT2D eigenvalue weighted by molar-refractivity contribution is 8.00. The predicted molar refractivity (Wildman–Crippen MR) is 93.7 cm³/mol. The summed E-state index contributed by atoms with van der Waals surface area (Å²) in [5.74, 6) is 0.366. The number of pyridine rings is 1. The molecular formula is C18H16N4O2S. The Morgan fingerprint density at radius 2 is 2.00 bits per heavy atom. The Hall–Kier alpha value is -2.67. The topological polar surface area (TPSA) is 80.9 Å². The Kier molecular flexibility index (Phi) is 4.47.